The van der Waals surface area contributed by atoms with E-state index >= 15 is 0 Å². The summed E-state index contributed by atoms with van der Waals surface area (Å²) in [4.78, 5) is 26.3. The predicted molar refractivity (Wildman–Crippen MR) is 80.7 cm³/mol. The van der Waals surface area contributed by atoms with Crippen LogP contribution < -0.4 is 10.6 Å². The molecule has 2 amide bonds. The number of hydrogen-bond donors (Lipinski definition) is 3. The van der Waals surface area contributed by atoms with Gasteiger partial charge in [0.1, 0.15) is 0 Å². The van der Waals surface area contributed by atoms with Crippen LogP contribution in [0.15, 0.2) is 5.38 Å². The van der Waals surface area contributed by atoms with Crippen molar-refractivity contribution in [2.45, 2.75) is 32.6 Å². The van der Waals surface area contributed by atoms with Gasteiger partial charge >= 0.3 is 12.0 Å². The predicted octanol–water partition coefficient (Wildman–Crippen LogP) is 2.12. The van der Waals surface area contributed by atoms with Crippen LogP contribution >= 0.6 is 11.3 Å². The number of aromatic nitrogens is 1. The topological polar surface area (TPSA) is 91.3 Å². The lowest BCUT2D eigenvalue weighted by molar-refractivity contribution is 0.0691. The quantitative estimate of drug-likeness (QED) is 0.750. The maximum atomic E-state index is 11.7. The number of urea groups is 1. The number of carboxylic acid groups (broad SMARTS) is 1. The summed E-state index contributed by atoms with van der Waals surface area (Å²) in [7, 11) is 0. The van der Waals surface area contributed by atoms with Gasteiger partial charge in [0.15, 0.2) is 5.69 Å². The zero-order valence-corrected chi connectivity index (χ0v) is 12.9. The molecule has 2 rings (SSSR count). The maximum absolute atomic E-state index is 11.7. The molecule has 1 aliphatic carbocycles. The van der Waals surface area contributed by atoms with E-state index in [4.69, 9.17) is 5.11 Å². The van der Waals surface area contributed by atoms with E-state index in [2.05, 4.69) is 22.5 Å². The number of rotatable bonds is 6. The number of amides is 2. The summed E-state index contributed by atoms with van der Waals surface area (Å²) in [6, 6.07) is -0.163. The third-order valence-electron chi connectivity index (χ3n) is 3.96. The first-order valence-corrected chi connectivity index (χ1v) is 8.13. The third-order valence-corrected chi connectivity index (χ3v) is 4.87. The summed E-state index contributed by atoms with van der Waals surface area (Å²) in [5.41, 5.74) is 0.0645. The molecule has 0 saturated heterocycles. The highest BCUT2D eigenvalue weighted by Gasteiger charge is 2.23. The number of aromatic carboxylic acids is 1. The Bertz CT molecular complexity index is 503. The number of carbonyl (C=O) groups excluding carboxylic acids is 1. The van der Waals surface area contributed by atoms with E-state index in [0.29, 0.717) is 24.8 Å². The van der Waals surface area contributed by atoms with E-state index in [1.807, 2.05) is 0 Å². The highest BCUT2D eigenvalue weighted by molar-refractivity contribution is 7.09. The Kier molecular flexibility index (Phi) is 5.55. The van der Waals surface area contributed by atoms with Crippen LogP contribution in [0.2, 0.25) is 0 Å². The van der Waals surface area contributed by atoms with Crippen molar-refractivity contribution in [1.82, 2.24) is 15.6 Å². The Balaban J connectivity index is 1.63. The normalized spacial score (nSPS) is 21.2. The van der Waals surface area contributed by atoms with E-state index in [0.717, 1.165) is 11.6 Å². The number of nitrogens with zero attached hydrogens (tertiary/aromatic N) is 1. The Labute approximate surface area is 128 Å². The van der Waals surface area contributed by atoms with Gasteiger partial charge < -0.3 is 15.7 Å². The minimum Gasteiger partial charge on any atom is -0.476 e. The fourth-order valence-corrected chi connectivity index (χ4v) is 3.39. The van der Waals surface area contributed by atoms with Gasteiger partial charge in [-0.25, -0.2) is 14.6 Å². The SMILES string of the molecule is CC1CCCC1CNC(=O)NCCc1nc(C(=O)O)cs1. The lowest BCUT2D eigenvalue weighted by Gasteiger charge is -2.16. The van der Waals surface area contributed by atoms with Gasteiger partial charge in [-0.2, -0.15) is 0 Å². The second-order valence-electron chi connectivity index (χ2n) is 5.49. The van der Waals surface area contributed by atoms with Crippen molar-refractivity contribution in [3.63, 3.8) is 0 Å². The second kappa shape index (κ2) is 7.40. The first kappa shape index (κ1) is 15.8. The van der Waals surface area contributed by atoms with E-state index in [9.17, 15) is 9.59 Å². The van der Waals surface area contributed by atoms with Crippen molar-refractivity contribution < 1.29 is 14.7 Å². The number of carboxylic acids is 1. The van der Waals surface area contributed by atoms with Crippen molar-refractivity contribution >= 4 is 23.3 Å². The van der Waals surface area contributed by atoms with E-state index in [1.165, 1.54) is 36.0 Å². The molecule has 2 atom stereocenters. The molecule has 21 heavy (non-hydrogen) atoms. The van der Waals surface area contributed by atoms with Crippen LogP contribution in [0.3, 0.4) is 0 Å². The highest BCUT2D eigenvalue weighted by Crippen LogP contribution is 2.30. The van der Waals surface area contributed by atoms with Crippen LogP contribution in [-0.4, -0.2) is 35.2 Å². The Morgan fingerprint density at radius 1 is 1.43 bits per heavy atom. The molecule has 1 heterocycles. The van der Waals surface area contributed by atoms with Gasteiger partial charge in [-0.15, -0.1) is 11.3 Å². The summed E-state index contributed by atoms with van der Waals surface area (Å²) < 4.78 is 0. The van der Waals surface area contributed by atoms with Crippen LogP contribution in [0.4, 0.5) is 4.79 Å². The van der Waals surface area contributed by atoms with Gasteiger partial charge in [-0.1, -0.05) is 19.8 Å². The molecule has 0 bridgehead atoms. The summed E-state index contributed by atoms with van der Waals surface area (Å²) >= 11 is 1.30. The van der Waals surface area contributed by atoms with Crippen molar-refractivity contribution in [1.29, 1.82) is 0 Å². The molecule has 7 heteroatoms. The second-order valence-corrected chi connectivity index (χ2v) is 6.43. The molecule has 1 aromatic heterocycles. The molecule has 0 spiro atoms. The molecule has 0 radical (unpaired) electrons. The molecule has 1 fully saturated rings. The Morgan fingerprint density at radius 3 is 2.86 bits per heavy atom. The van der Waals surface area contributed by atoms with Gasteiger partial charge in [0.2, 0.25) is 0 Å². The van der Waals surface area contributed by atoms with Crippen LogP contribution in [0, 0.1) is 11.8 Å². The zero-order chi connectivity index (χ0) is 15.2. The minimum absolute atomic E-state index is 0.0645. The van der Waals surface area contributed by atoms with E-state index < -0.39 is 5.97 Å². The fourth-order valence-electron chi connectivity index (χ4n) is 2.62. The molecule has 0 aromatic carbocycles. The molecular formula is C14H21N3O3S. The molecule has 1 aromatic rings. The van der Waals surface area contributed by atoms with Gasteiger partial charge in [-0.05, 0) is 18.3 Å². The van der Waals surface area contributed by atoms with Crippen molar-refractivity contribution in [3.8, 4) is 0 Å². The number of nitrogens with one attached hydrogen (secondary N) is 2. The Morgan fingerprint density at radius 2 is 2.24 bits per heavy atom. The number of thiazole rings is 1. The standard InChI is InChI=1S/C14H21N3O3S/c1-9-3-2-4-10(9)7-16-14(20)15-6-5-12-17-11(8-21-12)13(18)19/h8-10H,2-7H2,1H3,(H,18,19)(H2,15,16,20). The van der Waals surface area contributed by atoms with Crippen molar-refractivity contribution in [3.05, 3.63) is 16.1 Å². The highest BCUT2D eigenvalue weighted by atomic mass is 32.1. The maximum Gasteiger partial charge on any atom is 0.355 e. The number of hydrogen-bond acceptors (Lipinski definition) is 4. The molecule has 3 N–H and O–H groups in total. The smallest absolute Gasteiger partial charge is 0.355 e. The number of carbonyl (C=O) groups is 2. The average Bonchev–Trinajstić information content (AvgIpc) is 3.06. The van der Waals surface area contributed by atoms with Crippen molar-refractivity contribution in [2.24, 2.45) is 11.8 Å². The van der Waals surface area contributed by atoms with Crippen LogP contribution in [0.1, 0.15) is 41.7 Å². The molecular weight excluding hydrogens is 290 g/mol. The molecule has 1 aliphatic rings. The van der Waals surface area contributed by atoms with Gasteiger partial charge in [0.25, 0.3) is 0 Å². The first-order chi connectivity index (χ1) is 10.1. The summed E-state index contributed by atoms with van der Waals surface area (Å²) in [5.74, 6) is 0.261. The fraction of sp³-hybridized carbons (Fsp3) is 0.643. The average molecular weight is 311 g/mol. The molecule has 6 nitrogen and oxygen atoms in total. The van der Waals surface area contributed by atoms with Crippen LogP contribution in [0.5, 0.6) is 0 Å². The largest absolute Gasteiger partial charge is 0.476 e. The van der Waals surface area contributed by atoms with Crippen LogP contribution in [-0.2, 0) is 6.42 Å². The molecule has 0 aliphatic heterocycles. The van der Waals surface area contributed by atoms with Crippen molar-refractivity contribution in [2.75, 3.05) is 13.1 Å². The summed E-state index contributed by atoms with van der Waals surface area (Å²) in [5, 5.41) is 16.7. The molecule has 1 saturated carbocycles. The molecule has 116 valence electrons. The van der Waals surface area contributed by atoms with E-state index in [1.54, 1.807) is 0 Å². The van der Waals surface area contributed by atoms with Gasteiger partial charge in [-0.3, -0.25) is 0 Å². The lowest BCUT2D eigenvalue weighted by Crippen LogP contribution is -2.39. The van der Waals surface area contributed by atoms with Crippen LogP contribution in [0.25, 0.3) is 0 Å². The molecule has 2 unspecified atom stereocenters. The summed E-state index contributed by atoms with van der Waals surface area (Å²) in [6.45, 7) is 3.42. The van der Waals surface area contributed by atoms with E-state index in [-0.39, 0.29) is 11.7 Å². The Hall–Kier alpha value is -1.63. The lowest BCUT2D eigenvalue weighted by atomic mass is 9.98. The van der Waals surface area contributed by atoms with Gasteiger partial charge in [0.05, 0.1) is 5.01 Å². The minimum atomic E-state index is -1.02. The zero-order valence-electron chi connectivity index (χ0n) is 12.1. The van der Waals surface area contributed by atoms with Gasteiger partial charge in [0, 0.05) is 24.9 Å². The summed E-state index contributed by atoms with van der Waals surface area (Å²) in [6.07, 6.45) is 4.25. The monoisotopic (exact) mass is 311 g/mol. The third kappa shape index (κ3) is 4.70. The first-order valence-electron chi connectivity index (χ1n) is 7.25.